The Morgan fingerprint density at radius 2 is 2.20 bits per heavy atom. The normalized spacial score (nSPS) is 17.2. The van der Waals surface area contributed by atoms with Crippen molar-refractivity contribution in [3.8, 4) is 5.75 Å². The number of carbonyl (C=O) groups is 1. The molecule has 1 aliphatic rings. The largest absolute Gasteiger partial charge is 0.494 e. The number of methoxy groups -OCH3 is 1. The number of nitrogens with one attached hydrogen (secondary N) is 1. The number of amides is 1. The standard InChI is InChI=1S/C18H21FN4O2/c1-25-16-6-5-13(10-15(16)19)11-17(24)22-14-4-2-9-23(12-14)18-20-7-3-8-21-18/h3,5-8,10,14H,2,4,9,11-12H2,1H3,(H,22,24)/t14-/m0/s1. The van der Waals surface area contributed by atoms with Crippen molar-refractivity contribution >= 4 is 11.9 Å². The summed E-state index contributed by atoms with van der Waals surface area (Å²) in [7, 11) is 1.41. The van der Waals surface area contributed by atoms with E-state index in [9.17, 15) is 9.18 Å². The van der Waals surface area contributed by atoms with Gasteiger partial charge < -0.3 is 15.0 Å². The number of nitrogens with zero attached hydrogens (tertiary/aromatic N) is 3. The number of hydrogen-bond donors (Lipinski definition) is 1. The lowest BCUT2D eigenvalue weighted by Gasteiger charge is -2.33. The first-order valence-electron chi connectivity index (χ1n) is 8.29. The van der Waals surface area contributed by atoms with E-state index in [0.717, 1.165) is 19.4 Å². The molecule has 1 saturated heterocycles. The number of benzene rings is 1. The number of piperidine rings is 1. The molecular formula is C18H21FN4O2. The minimum atomic E-state index is -0.460. The van der Waals surface area contributed by atoms with Gasteiger partial charge in [-0.1, -0.05) is 6.07 Å². The van der Waals surface area contributed by atoms with Crippen LogP contribution in [0.1, 0.15) is 18.4 Å². The first-order chi connectivity index (χ1) is 12.2. The van der Waals surface area contributed by atoms with Crippen molar-refractivity contribution in [1.29, 1.82) is 0 Å². The van der Waals surface area contributed by atoms with E-state index in [0.29, 0.717) is 18.1 Å². The average molecular weight is 344 g/mol. The Labute approximate surface area is 146 Å². The zero-order chi connectivity index (χ0) is 17.6. The SMILES string of the molecule is COc1ccc(CC(=O)N[C@H]2CCCN(c3ncccn3)C2)cc1F. The smallest absolute Gasteiger partial charge is 0.225 e. The summed E-state index contributed by atoms with van der Waals surface area (Å²) in [6, 6.07) is 6.39. The molecule has 1 fully saturated rings. The number of hydrogen-bond acceptors (Lipinski definition) is 5. The lowest BCUT2D eigenvalue weighted by molar-refractivity contribution is -0.121. The van der Waals surface area contributed by atoms with Crippen LogP contribution in [0.4, 0.5) is 10.3 Å². The molecular weight excluding hydrogens is 323 g/mol. The van der Waals surface area contributed by atoms with Crippen molar-refractivity contribution < 1.29 is 13.9 Å². The van der Waals surface area contributed by atoms with E-state index in [1.807, 2.05) is 0 Å². The first-order valence-corrected chi connectivity index (χ1v) is 8.29. The van der Waals surface area contributed by atoms with Gasteiger partial charge in [0.1, 0.15) is 0 Å². The van der Waals surface area contributed by atoms with E-state index in [1.54, 1.807) is 24.5 Å². The van der Waals surface area contributed by atoms with Crippen molar-refractivity contribution in [2.24, 2.45) is 0 Å². The van der Waals surface area contributed by atoms with Crippen LogP contribution in [0.2, 0.25) is 0 Å². The van der Waals surface area contributed by atoms with Gasteiger partial charge in [0.2, 0.25) is 11.9 Å². The third-order valence-electron chi connectivity index (χ3n) is 4.20. The predicted octanol–water partition coefficient (Wildman–Crippen LogP) is 1.95. The second-order valence-electron chi connectivity index (χ2n) is 6.05. The summed E-state index contributed by atoms with van der Waals surface area (Å²) in [4.78, 5) is 22.9. The Balaban J connectivity index is 1.56. The van der Waals surface area contributed by atoms with Gasteiger partial charge in [0.25, 0.3) is 0 Å². The van der Waals surface area contributed by atoms with E-state index >= 15 is 0 Å². The molecule has 0 unspecified atom stereocenters. The van der Waals surface area contributed by atoms with E-state index in [4.69, 9.17) is 4.74 Å². The van der Waals surface area contributed by atoms with Crippen LogP contribution in [0, 0.1) is 5.82 Å². The van der Waals surface area contributed by atoms with Gasteiger partial charge in [0.15, 0.2) is 11.6 Å². The zero-order valence-electron chi connectivity index (χ0n) is 14.1. The van der Waals surface area contributed by atoms with E-state index in [2.05, 4.69) is 20.2 Å². The molecule has 1 aromatic heterocycles. The molecule has 2 heterocycles. The minimum Gasteiger partial charge on any atom is -0.494 e. The molecule has 1 aromatic carbocycles. The molecule has 25 heavy (non-hydrogen) atoms. The highest BCUT2D eigenvalue weighted by Gasteiger charge is 2.23. The molecule has 1 amide bonds. The van der Waals surface area contributed by atoms with Gasteiger partial charge in [-0.3, -0.25) is 4.79 Å². The van der Waals surface area contributed by atoms with E-state index in [1.165, 1.54) is 19.2 Å². The summed E-state index contributed by atoms with van der Waals surface area (Å²) >= 11 is 0. The number of ether oxygens (including phenoxy) is 1. The van der Waals surface area contributed by atoms with Crippen molar-refractivity contribution in [2.75, 3.05) is 25.1 Å². The summed E-state index contributed by atoms with van der Waals surface area (Å²) in [6.45, 7) is 1.55. The fraction of sp³-hybridized carbons (Fsp3) is 0.389. The molecule has 6 nitrogen and oxygen atoms in total. The Kier molecular flexibility index (Phi) is 5.42. The van der Waals surface area contributed by atoms with Crippen molar-refractivity contribution in [3.63, 3.8) is 0 Å². The van der Waals surface area contributed by atoms with Crippen LogP contribution < -0.4 is 15.0 Å². The number of rotatable bonds is 5. The van der Waals surface area contributed by atoms with Crippen LogP contribution in [0.3, 0.4) is 0 Å². The Hall–Kier alpha value is -2.70. The fourth-order valence-corrected chi connectivity index (χ4v) is 3.02. The van der Waals surface area contributed by atoms with Gasteiger partial charge in [0.05, 0.1) is 13.5 Å². The second-order valence-corrected chi connectivity index (χ2v) is 6.05. The van der Waals surface area contributed by atoms with Crippen LogP contribution in [-0.2, 0) is 11.2 Å². The van der Waals surface area contributed by atoms with Crippen molar-refractivity contribution in [1.82, 2.24) is 15.3 Å². The Morgan fingerprint density at radius 1 is 1.40 bits per heavy atom. The number of carbonyl (C=O) groups excluding carboxylic acids is 1. The Bertz CT molecular complexity index is 726. The van der Waals surface area contributed by atoms with Crippen LogP contribution in [-0.4, -0.2) is 42.1 Å². The highest BCUT2D eigenvalue weighted by atomic mass is 19.1. The topological polar surface area (TPSA) is 67.3 Å². The minimum absolute atomic E-state index is 0.0353. The summed E-state index contributed by atoms with van der Waals surface area (Å²) in [5.74, 6) is 0.275. The quantitative estimate of drug-likeness (QED) is 0.898. The molecule has 7 heteroatoms. The molecule has 2 aromatic rings. The number of aromatic nitrogens is 2. The molecule has 1 aliphatic heterocycles. The van der Waals surface area contributed by atoms with Gasteiger partial charge >= 0.3 is 0 Å². The summed E-state index contributed by atoms with van der Waals surface area (Å²) < 4.78 is 18.6. The van der Waals surface area contributed by atoms with E-state index in [-0.39, 0.29) is 24.1 Å². The number of anilines is 1. The number of halogens is 1. The summed E-state index contributed by atoms with van der Waals surface area (Å²) in [6.07, 6.45) is 5.43. The molecule has 0 spiro atoms. The van der Waals surface area contributed by atoms with Crippen molar-refractivity contribution in [2.45, 2.75) is 25.3 Å². The third-order valence-corrected chi connectivity index (χ3v) is 4.20. The molecule has 1 atom stereocenters. The molecule has 0 radical (unpaired) electrons. The van der Waals surface area contributed by atoms with Gasteiger partial charge in [0, 0.05) is 31.5 Å². The highest BCUT2D eigenvalue weighted by Crippen LogP contribution is 2.18. The Morgan fingerprint density at radius 3 is 2.92 bits per heavy atom. The lowest BCUT2D eigenvalue weighted by atomic mass is 10.1. The molecule has 132 valence electrons. The predicted molar refractivity (Wildman–Crippen MR) is 92.1 cm³/mol. The summed E-state index contributed by atoms with van der Waals surface area (Å²) in [5, 5.41) is 3.03. The van der Waals surface area contributed by atoms with Gasteiger partial charge in [-0.2, -0.15) is 0 Å². The molecule has 0 saturated carbocycles. The summed E-state index contributed by atoms with van der Waals surface area (Å²) in [5.41, 5.74) is 0.620. The highest BCUT2D eigenvalue weighted by molar-refractivity contribution is 5.79. The van der Waals surface area contributed by atoms with Crippen molar-refractivity contribution in [3.05, 3.63) is 48.0 Å². The van der Waals surface area contributed by atoms with Gasteiger partial charge in [-0.15, -0.1) is 0 Å². The fourth-order valence-electron chi connectivity index (χ4n) is 3.02. The maximum Gasteiger partial charge on any atom is 0.225 e. The lowest BCUT2D eigenvalue weighted by Crippen LogP contribution is -2.48. The van der Waals surface area contributed by atoms with Gasteiger partial charge in [-0.25, -0.2) is 14.4 Å². The van der Waals surface area contributed by atoms with Crippen LogP contribution in [0.25, 0.3) is 0 Å². The molecule has 3 rings (SSSR count). The monoisotopic (exact) mass is 344 g/mol. The van der Waals surface area contributed by atoms with E-state index < -0.39 is 5.82 Å². The molecule has 1 N–H and O–H groups in total. The maximum atomic E-state index is 13.7. The average Bonchev–Trinajstić information content (AvgIpc) is 2.63. The second kappa shape index (κ2) is 7.92. The van der Waals surface area contributed by atoms with Gasteiger partial charge in [-0.05, 0) is 36.6 Å². The third kappa shape index (κ3) is 4.43. The zero-order valence-corrected chi connectivity index (χ0v) is 14.1. The van der Waals surface area contributed by atoms with Crippen LogP contribution in [0.5, 0.6) is 5.75 Å². The molecule has 0 aliphatic carbocycles. The van der Waals surface area contributed by atoms with Crippen LogP contribution in [0.15, 0.2) is 36.7 Å². The van der Waals surface area contributed by atoms with Crippen LogP contribution >= 0.6 is 0 Å². The first kappa shape index (κ1) is 17.1. The maximum absolute atomic E-state index is 13.7. The molecule has 0 bridgehead atoms.